The van der Waals surface area contributed by atoms with Gasteiger partial charge in [0.1, 0.15) is 12.2 Å². The fourth-order valence-electron chi connectivity index (χ4n) is 3.47. The number of hydrogen-bond donors (Lipinski definition) is 4. The van der Waals surface area contributed by atoms with E-state index in [4.69, 9.17) is 14.2 Å². The summed E-state index contributed by atoms with van der Waals surface area (Å²) in [6.45, 7) is 1.05. The molecular formula is C18H26O7. The standard InChI is InChI=1S/C18H26O7/c19-12-17-14(20)15(21)18(17,22)16(25-17)24-10-6-2-5-9-23-11-13-7-3-1-4-8-13/h1,3-4,7-8,14-16,19-22H,2,5-6,9-12H2. The van der Waals surface area contributed by atoms with E-state index in [-0.39, 0.29) is 0 Å². The largest absolute Gasteiger partial charge is 0.393 e. The van der Waals surface area contributed by atoms with Gasteiger partial charge >= 0.3 is 0 Å². The normalized spacial score (nSPS) is 36.4. The Balaban J connectivity index is 1.25. The maximum absolute atomic E-state index is 10.4. The van der Waals surface area contributed by atoms with Gasteiger partial charge in [-0.3, -0.25) is 0 Å². The highest BCUT2D eigenvalue weighted by molar-refractivity contribution is 5.30. The van der Waals surface area contributed by atoms with Crippen molar-refractivity contribution in [3.8, 4) is 0 Å². The van der Waals surface area contributed by atoms with Crippen LogP contribution < -0.4 is 0 Å². The highest BCUT2D eigenvalue weighted by Crippen LogP contribution is 2.57. The van der Waals surface area contributed by atoms with Gasteiger partial charge in [-0.1, -0.05) is 30.3 Å². The molecule has 4 N–H and O–H groups in total. The van der Waals surface area contributed by atoms with Gasteiger partial charge in [0.05, 0.1) is 13.2 Å². The Morgan fingerprint density at radius 2 is 1.72 bits per heavy atom. The number of fused-ring (bicyclic) bond motifs is 1. The van der Waals surface area contributed by atoms with Gasteiger partial charge in [0, 0.05) is 13.2 Å². The zero-order valence-electron chi connectivity index (χ0n) is 14.1. The maximum atomic E-state index is 10.4. The first-order valence-corrected chi connectivity index (χ1v) is 8.66. The topological polar surface area (TPSA) is 109 Å². The third kappa shape index (κ3) is 3.10. The van der Waals surface area contributed by atoms with E-state index >= 15 is 0 Å². The van der Waals surface area contributed by atoms with E-state index in [2.05, 4.69) is 0 Å². The number of aliphatic hydroxyl groups is 4. The number of ether oxygens (including phenoxy) is 3. The van der Waals surface area contributed by atoms with E-state index < -0.39 is 36.3 Å². The molecule has 0 aromatic heterocycles. The van der Waals surface area contributed by atoms with E-state index in [0.717, 1.165) is 24.8 Å². The van der Waals surface area contributed by atoms with Gasteiger partial charge in [-0.25, -0.2) is 0 Å². The maximum Gasteiger partial charge on any atom is 0.193 e. The molecule has 5 atom stereocenters. The van der Waals surface area contributed by atoms with E-state index in [1.165, 1.54) is 0 Å². The van der Waals surface area contributed by atoms with Crippen molar-refractivity contribution in [1.82, 2.24) is 0 Å². The summed E-state index contributed by atoms with van der Waals surface area (Å²) in [6, 6.07) is 9.98. The number of benzene rings is 1. The van der Waals surface area contributed by atoms with Crippen LogP contribution in [0.4, 0.5) is 0 Å². The van der Waals surface area contributed by atoms with Crippen molar-refractivity contribution in [3.05, 3.63) is 35.9 Å². The third-order valence-electron chi connectivity index (χ3n) is 5.13. The van der Waals surface area contributed by atoms with E-state index in [0.29, 0.717) is 19.8 Å². The molecule has 1 aromatic carbocycles. The fraction of sp³-hybridized carbons (Fsp3) is 0.667. The van der Waals surface area contributed by atoms with Gasteiger partial charge in [0.2, 0.25) is 0 Å². The molecule has 1 aliphatic heterocycles. The van der Waals surface area contributed by atoms with Crippen molar-refractivity contribution >= 4 is 0 Å². The van der Waals surface area contributed by atoms with Crippen LogP contribution in [-0.2, 0) is 20.8 Å². The number of hydrogen-bond acceptors (Lipinski definition) is 7. The van der Waals surface area contributed by atoms with Crippen LogP contribution in [0.5, 0.6) is 0 Å². The molecule has 1 saturated heterocycles. The lowest BCUT2D eigenvalue weighted by atomic mass is 9.56. The molecule has 1 aromatic rings. The van der Waals surface area contributed by atoms with Gasteiger partial charge in [0.15, 0.2) is 17.5 Å². The van der Waals surface area contributed by atoms with Crippen molar-refractivity contribution in [2.24, 2.45) is 0 Å². The average Bonchev–Trinajstić information content (AvgIpc) is 2.64. The summed E-state index contributed by atoms with van der Waals surface area (Å²) in [4.78, 5) is 0. The Kier molecular flexibility index (Phi) is 5.75. The molecule has 5 unspecified atom stereocenters. The minimum absolute atomic E-state index is 0.357. The van der Waals surface area contributed by atoms with Gasteiger partial charge < -0.3 is 34.6 Å². The smallest absolute Gasteiger partial charge is 0.193 e. The Morgan fingerprint density at radius 1 is 1.00 bits per heavy atom. The lowest BCUT2D eigenvalue weighted by molar-refractivity contribution is -0.522. The van der Waals surface area contributed by atoms with Crippen LogP contribution in [0.1, 0.15) is 24.8 Å². The summed E-state index contributed by atoms with van der Waals surface area (Å²) < 4.78 is 16.3. The molecule has 25 heavy (non-hydrogen) atoms. The molecule has 0 amide bonds. The second-order valence-corrected chi connectivity index (χ2v) is 6.68. The molecule has 140 valence electrons. The highest BCUT2D eigenvalue weighted by Gasteiger charge is 2.84. The minimum Gasteiger partial charge on any atom is -0.393 e. The van der Waals surface area contributed by atoms with Crippen LogP contribution in [-0.4, -0.2) is 69.9 Å². The first kappa shape index (κ1) is 18.7. The summed E-state index contributed by atoms with van der Waals surface area (Å²) in [5.41, 5.74) is -2.10. The predicted molar refractivity (Wildman–Crippen MR) is 87.6 cm³/mol. The zero-order valence-corrected chi connectivity index (χ0v) is 14.1. The lowest BCUT2D eigenvalue weighted by Gasteiger charge is -2.70. The molecule has 7 nitrogen and oxygen atoms in total. The Morgan fingerprint density at radius 3 is 2.44 bits per heavy atom. The van der Waals surface area contributed by atoms with Crippen molar-refractivity contribution in [1.29, 1.82) is 0 Å². The Labute approximate surface area is 146 Å². The summed E-state index contributed by atoms with van der Waals surface area (Å²) in [5.74, 6) is 0. The Hall–Kier alpha value is -1.06. The lowest BCUT2D eigenvalue weighted by Crippen LogP contribution is -2.95. The van der Waals surface area contributed by atoms with Gasteiger partial charge in [0.25, 0.3) is 0 Å². The van der Waals surface area contributed by atoms with Crippen LogP contribution in [0.15, 0.2) is 30.3 Å². The van der Waals surface area contributed by atoms with Crippen LogP contribution in [0.2, 0.25) is 0 Å². The van der Waals surface area contributed by atoms with Crippen molar-refractivity contribution in [3.63, 3.8) is 0 Å². The van der Waals surface area contributed by atoms with Crippen LogP contribution >= 0.6 is 0 Å². The van der Waals surface area contributed by atoms with Crippen molar-refractivity contribution in [2.75, 3.05) is 19.8 Å². The van der Waals surface area contributed by atoms with Crippen LogP contribution in [0.25, 0.3) is 0 Å². The predicted octanol–water partition coefficient (Wildman–Crippen LogP) is -0.0560. The SMILES string of the molecule is OCC12OC(OCCCCCOCc3ccccc3)C1(O)C(O)C2O. The second kappa shape index (κ2) is 7.67. The molecule has 2 aliphatic rings. The van der Waals surface area contributed by atoms with Crippen molar-refractivity contribution < 1.29 is 34.6 Å². The second-order valence-electron chi connectivity index (χ2n) is 6.68. The molecule has 0 radical (unpaired) electrons. The summed E-state index contributed by atoms with van der Waals surface area (Å²) in [7, 11) is 0. The summed E-state index contributed by atoms with van der Waals surface area (Å²) in [5, 5.41) is 39.0. The molecule has 7 heteroatoms. The molecule has 1 aliphatic carbocycles. The number of aliphatic hydroxyl groups excluding tert-OH is 3. The van der Waals surface area contributed by atoms with Crippen molar-refractivity contribution in [2.45, 2.75) is 55.6 Å². The average molecular weight is 354 g/mol. The third-order valence-corrected chi connectivity index (χ3v) is 5.13. The van der Waals surface area contributed by atoms with Gasteiger partial charge in [-0.05, 0) is 24.8 Å². The van der Waals surface area contributed by atoms with E-state index in [9.17, 15) is 20.4 Å². The number of unbranched alkanes of at least 4 members (excludes halogenated alkanes) is 2. The molecule has 1 saturated carbocycles. The zero-order chi connectivity index (χ0) is 17.9. The molecule has 3 rings (SSSR count). The monoisotopic (exact) mass is 354 g/mol. The van der Waals surface area contributed by atoms with Crippen LogP contribution in [0, 0.1) is 0 Å². The first-order valence-electron chi connectivity index (χ1n) is 8.66. The molecule has 0 bridgehead atoms. The first-order chi connectivity index (χ1) is 12.1. The molecule has 1 heterocycles. The Bertz CT molecular complexity index is 554. The summed E-state index contributed by atoms with van der Waals surface area (Å²) in [6.07, 6.45) is -1.14. The van der Waals surface area contributed by atoms with Gasteiger partial charge in [-0.2, -0.15) is 0 Å². The highest BCUT2D eigenvalue weighted by atomic mass is 16.8. The summed E-state index contributed by atoms with van der Waals surface area (Å²) >= 11 is 0. The van der Waals surface area contributed by atoms with Gasteiger partial charge in [-0.15, -0.1) is 0 Å². The van der Waals surface area contributed by atoms with Crippen LogP contribution in [0.3, 0.4) is 0 Å². The number of rotatable bonds is 10. The molecule has 2 fully saturated rings. The van der Waals surface area contributed by atoms with E-state index in [1.807, 2.05) is 30.3 Å². The minimum atomic E-state index is -1.74. The molecular weight excluding hydrogens is 328 g/mol. The quantitative estimate of drug-likeness (QED) is 0.436. The van der Waals surface area contributed by atoms with E-state index in [1.54, 1.807) is 0 Å². The fourth-order valence-corrected chi connectivity index (χ4v) is 3.47. The molecule has 0 spiro atoms.